The highest BCUT2D eigenvalue weighted by Gasteiger charge is 2.22. The van der Waals surface area contributed by atoms with Crippen molar-refractivity contribution in [2.75, 3.05) is 11.6 Å². The molecule has 1 aliphatic heterocycles. The van der Waals surface area contributed by atoms with E-state index in [1.165, 1.54) is 16.8 Å². The Hall–Kier alpha value is -2.29. The van der Waals surface area contributed by atoms with E-state index in [0.29, 0.717) is 11.8 Å². The third-order valence-electron chi connectivity index (χ3n) is 4.51. The normalized spacial score (nSPS) is 14.2. The Bertz CT molecular complexity index is 678. The van der Waals surface area contributed by atoms with E-state index in [9.17, 15) is 0 Å². The van der Waals surface area contributed by atoms with Crippen LogP contribution in [0.4, 0.5) is 5.69 Å². The van der Waals surface area contributed by atoms with E-state index in [0.717, 1.165) is 18.9 Å². The van der Waals surface area contributed by atoms with Crippen LogP contribution in [0.1, 0.15) is 56.4 Å². The molecular weight excluding hydrogens is 294 g/mol. The highest BCUT2D eigenvalue weighted by atomic mass is 15.3. The molecule has 2 heterocycles. The van der Waals surface area contributed by atoms with Crippen LogP contribution in [0, 0.1) is 0 Å². The molecule has 3 heteroatoms. The molecule has 1 aromatic heterocycles. The molecule has 0 N–H and O–H groups in total. The van der Waals surface area contributed by atoms with Gasteiger partial charge in [-0.1, -0.05) is 52.0 Å². The highest BCUT2D eigenvalue weighted by Crippen LogP contribution is 2.36. The van der Waals surface area contributed by atoms with Crippen molar-refractivity contribution in [3.63, 3.8) is 0 Å². The molecule has 0 saturated heterocycles. The van der Waals surface area contributed by atoms with E-state index >= 15 is 0 Å². The van der Waals surface area contributed by atoms with Crippen LogP contribution in [-0.2, 0) is 6.54 Å². The van der Waals surface area contributed by atoms with Crippen LogP contribution in [0.2, 0.25) is 0 Å². The van der Waals surface area contributed by atoms with Gasteiger partial charge in [-0.3, -0.25) is 4.98 Å². The minimum absolute atomic E-state index is 0.511. The monoisotopic (exact) mass is 321 g/mol. The topological polar surface area (TPSA) is 19.4 Å². The van der Waals surface area contributed by atoms with Gasteiger partial charge in [0.15, 0.2) is 0 Å². The molecule has 0 atom stereocenters. The van der Waals surface area contributed by atoms with E-state index < -0.39 is 0 Å². The van der Waals surface area contributed by atoms with Gasteiger partial charge in [-0.05, 0) is 35.1 Å². The fraction of sp³-hybridized carbons (Fsp3) is 0.381. The Kier molecular flexibility index (Phi) is 4.89. The summed E-state index contributed by atoms with van der Waals surface area (Å²) in [7, 11) is 0. The molecule has 0 unspecified atom stereocenters. The molecule has 24 heavy (non-hydrogen) atoms. The van der Waals surface area contributed by atoms with Crippen molar-refractivity contribution in [1.82, 2.24) is 9.88 Å². The molecule has 3 rings (SSSR count). The third kappa shape index (κ3) is 3.45. The summed E-state index contributed by atoms with van der Waals surface area (Å²) >= 11 is 0. The molecule has 0 bridgehead atoms. The van der Waals surface area contributed by atoms with Crippen LogP contribution in [0.3, 0.4) is 0 Å². The third-order valence-corrected chi connectivity index (χ3v) is 4.51. The molecule has 0 amide bonds. The van der Waals surface area contributed by atoms with Gasteiger partial charge in [0.1, 0.15) is 0 Å². The second-order valence-corrected chi connectivity index (χ2v) is 7.07. The predicted molar refractivity (Wildman–Crippen MR) is 101 cm³/mol. The maximum atomic E-state index is 4.44. The molecule has 0 aliphatic carbocycles. The Morgan fingerprint density at radius 2 is 1.62 bits per heavy atom. The van der Waals surface area contributed by atoms with Crippen LogP contribution in [-0.4, -0.2) is 16.6 Å². The second kappa shape index (κ2) is 7.08. The number of hydrogen-bond acceptors (Lipinski definition) is 3. The molecule has 1 aromatic carbocycles. The van der Waals surface area contributed by atoms with Crippen LogP contribution in [0.15, 0.2) is 55.0 Å². The number of anilines is 1. The van der Waals surface area contributed by atoms with E-state index in [1.54, 1.807) is 0 Å². The average Bonchev–Trinajstić information content (AvgIpc) is 3.03. The molecule has 0 radical (unpaired) electrons. The zero-order chi connectivity index (χ0) is 17.1. The lowest BCUT2D eigenvalue weighted by atomic mass is 9.92. The lowest BCUT2D eigenvalue weighted by Gasteiger charge is -2.28. The number of rotatable bonds is 5. The summed E-state index contributed by atoms with van der Waals surface area (Å²) in [5.74, 6) is 1.02. The molecule has 3 nitrogen and oxygen atoms in total. The molecule has 2 aromatic rings. The van der Waals surface area contributed by atoms with Crippen LogP contribution >= 0.6 is 0 Å². The fourth-order valence-electron chi connectivity index (χ4n) is 3.26. The molecule has 1 aliphatic rings. The largest absolute Gasteiger partial charge is 0.352 e. The van der Waals surface area contributed by atoms with Crippen LogP contribution < -0.4 is 4.90 Å². The Labute approximate surface area is 145 Å². The molecule has 0 fully saturated rings. The minimum Gasteiger partial charge on any atom is -0.352 e. The quantitative estimate of drug-likeness (QED) is 0.765. The van der Waals surface area contributed by atoms with Gasteiger partial charge < -0.3 is 9.80 Å². The van der Waals surface area contributed by atoms with Gasteiger partial charge in [0.25, 0.3) is 0 Å². The maximum Gasteiger partial charge on any atom is 0.0946 e. The summed E-state index contributed by atoms with van der Waals surface area (Å²) in [6.45, 7) is 10.8. The van der Waals surface area contributed by atoms with Gasteiger partial charge in [-0.15, -0.1) is 0 Å². The van der Waals surface area contributed by atoms with Gasteiger partial charge >= 0.3 is 0 Å². The van der Waals surface area contributed by atoms with Gasteiger partial charge in [0.05, 0.1) is 18.9 Å². The van der Waals surface area contributed by atoms with E-state index in [4.69, 9.17) is 0 Å². The van der Waals surface area contributed by atoms with Gasteiger partial charge in [-0.25, -0.2) is 0 Å². The maximum absolute atomic E-state index is 4.44. The van der Waals surface area contributed by atoms with Crippen LogP contribution in [0.25, 0.3) is 0 Å². The van der Waals surface area contributed by atoms with Gasteiger partial charge in [0, 0.05) is 24.3 Å². The average molecular weight is 321 g/mol. The zero-order valence-electron chi connectivity index (χ0n) is 15.1. The van der Waals surface area contributed by atoms with Crippen molar-refractivity contribution in [1.29, 1.82) is 0 Å². The van der Waals surface area contributed by atoms with E-state index in [1.807, 2.05) is 18.3 Å². The molecule has 0 saturated carbocycles. The van der Waals surface area contributed by atoms with Crippen LogP contribution in [0.5, 0.6) is 0 Å². The summed E-state index contributed by atoms with van der Waals surface area (Å²) in [6.07, 6.45) is 6.24. The number of hydrogen-bond donors (Lipinski definition) is 0. The predicted octanol–water partition coefficient (Wildman–Crippen LogP) is 5.08. The summed E-state index contributed by atoms with van der Waals surface area (Å²) in [5, 5.41) is 0. The first-order valence-electron chi connectivity index (χ1n) is 8.78. The van der Waals surface area contributed by atoms with Crippen molar-refractivity contribution in [2.24, 2.45) is 0 Å². The lowest BCUT2D eigenvalue weighted by Crippen LogP contribution is -2.26. The number of benzene rings is 1. The molecule has 0 spiro atoms. The van der Waals surface area contributed by atoms with Crippen molar-refractivity contribution >= 4 is 5.69 Å². The summed E-state index contributed by atoms with van der Waals surface area (Å²) in [4.78, 5) is 9.13. The van der Waals surface area contributed by atoms with E-state index in [-0.39, 0.29) is 0 Å². The Balaban J connectivity index is 1.84. The zero-order valence-corrected chi connectivity index (χ0v) is 15.1. The van der Waals surface area contributed by atoms with Crippen molar-refractivity contribution in [3.05, 3.63) is 71.8 Å². The summed E-state index contributed by atoms with van der Waals surface area (Å²) in [6, 6.07) is 12.8. The Morgan fingerprint density at radius 3 is 2.21 bits per heavy atom. The highest BCUT2D eigenvalue weighted by molar-refractivity contribution is 5.64. The smallest absolute Gasteiger partial charge is 0.0946 e. The SMILES string of the molecule is CC(C)c1cccc(C(C)C)c1N1C=CN(Cc2ccccn2)C1. The first-order chi connectivity index (χ1) is 11.6. The van der Waals surface area contributed by atoms with Gasteiger partial charge in [0.2, 0.25) is 0 Å². The van der Waals surface area contributed by atoms with Crippen molar-refractivity contribution < 1.29 is 0 Å². The van der Waals surface area contributed by atoms with Gasteiger partial charge in [-0.2, -0.15) is 0 Å². The number of nitrogens with zero attached hydrogens (tertiary/aromatic N) is 3. The number of aromatic nitrogens is 1. The summed E-state index contributed by atoms with van der Waals surface area (Å²) < 4.78 is 0. The van der Waals surface area contributed by atoms with Crippen molar-refractivity contribution in [2.45, 2.75) is 46.1 Å². The lowest BCUT2D eigenvalue weighted by molar-refractivity contribution is 0.394. The molecular formula is C21H27N3. The minimum atomic E-state index is 0.511. The van der Waals surface area contributed by atoms with E-state index in [2.05, 4.69) is 79.1 Å². The Morgan fingerprint density at radius 1 is 0.917 bits per heavy atom. The second-order valence-electron chi connectivity index (χ2n) is 7.07. The van der Waals surface area contributed by atoms with Crippen molar-refractivity contribution in [3.8, 4) is 0 Å². The summed E-state index contributed by atoms with van der Waals surface area (Å²) in [5.41, 5.74) is 5.32. The molecule has 126 valence electrons. The first kappa shape index (κ1) is 16.6. The standard InChI is InChI=1S/C21H27N3/c1-16(2)19-9-7-10-20(17(3)4)21(19)24-13-12-23(15-24)14-18-8-5-6-11-22-18/h5-13,16-17H,14-15H2,1-4H3. The first-order valence-corrected chi connectivity index (χ1v) is 8.78. The fourth-order valence-corrected chi connectivity index (χ4v) is 3.26. The number of para-hydroxylation sites is 1. The number of pyridine rings is 1.